The van der Waals surface area contributed by atoms with E-state index in [4.69, 9.17) is 10.5 Å². The van der Waals surface area contributed by atoms with Gasteiger partial charge in [-0.2, -0.15) is 0 Å². The Kier molecular flexibility index (Phi) is 6.49. The summed E-state index contributed by atoms with van der Waals surface area (Å²) in [4.78, 5) is 11.3. The van der Waals surface area contributed by atoms with Crippen LogP contribution in [0.15, 0.2) is 18.2 Å². The van der Waals surface area contributed by atoms with Gasteiger partial charge >= 0.3 is 5.97 Å². The lowest BCUT2D eigenvalue weighted by atomic mass is 9.97. The second-order valence-electron chi connectivity index (χ2n) is 5.55. The zero-order valence-electron chi connectivity index (χ0n) is 13.2. The molecule has 21 heavy (non-hydrogen) atoms. The number of carboxylic acid groups (broad SMARTS) is 1. The van der Waals surface area contributed by atoms with Crippen molar-refractivity contribution >= 4 is 11.7 Å². The van der Waals surface area contributed by atoms with Crippen LogP contribution in [0.5, 0.6) is 5.75 Å². The van der Waals surface area contributed by atoms with Crippen LogP contribution in [0.2, 0.25) is 0 Å². The summed E-state index contributed by atoms with van der Waals surface area (Å²) >= 11 is 0. The first-order valence-electron chi connectivity index (χ1n) is 7.30. The Labute approximate surface area is 126 Å². The Balaban J connectivity index is 2.69. The van der Waals surface area contributed by atoms with Crippen LogP contribution < -0.4 is 15.8 Å². The van der Waals surface area contributed by atoms with Crippen molar-refractivity contribution in [3.8, 4) is 5.75 Å². The highest BCUT2D eigenvalue weighted by atomic mass is 16.5. The summed E-state index contributed by atoms with van der Waals surface area (Å²) < 4.78 is 5.13. The predicted octanol–water partition coefficient (Wildman–Crippen LogP) is 2.30. The van der Waals surface area contributed by atoms with Crippen molar-refractivity contribution in [2.24, 2.45) is 5.92 Å². The van der Waals surface area contributed by atoms with Crippen molar-refractivity contribution in [1.29, 1.82) is 0 Å². The van der Waals surface area contributed by atoms with Gasteiger partial charge in [0.15, 0.2) is 0 Å². The molecule has 0 spiro atoms. The third kappa shape index (κ3) is 4.93. The fraction of sp³-hybridized carbons (Fsp3) is 0.562. The molecular weight excluding hydrogens is 268 g/mol. The molecule has 1 aromatic carbocycles. The highest BCUT2D eigenvalue weighted by Gasteiger charge is 2.24. The summed E-state index contributed by atoms with van der Waals surface area (Å²) in [6.45, 7) is 5.93. The molecule has 0 amide bonds. The van der Waals surface area contributed by atoms with Crippen molar-refractivity contribution in [3.05, 3.63) is 23.8 Å². The minimum atomic E-state index is -0.801. The van der Waals surface area contributed by atoms with E-state index in [2.05, 4.69) is 5.32 Å². The summed E-state index contributed by atoms with van der Waals surface area (Å²) in [6, 6.07) is 5.18. The standard InChI is InChI=1S/C16H26N2O3/c1-5-10(2)15(16(19)20)18-11(3)8-12-6-7-14(21-4)13(17)9-12/h6-7,9-11,15,18H,5,8,17H2,1-4H3,(H,19,20). The molecule has 0 aliphatic rings. The Bertz CT molecular complexity index is 477. The maximum atomic E-state index is 11.3. The fourth-order valence-corrected chi connectivity index (χ4v) is 2.34. The predicted molar refractivity (Wildman–Crippen MR) is 84.6 cm³/mol. The number of nitrogen functional groups attached to an aromatic ring is 1. The van der Waals surface area contributed by atoms with E-state index in [1.165, 1.54) is 0 Å². The van der Waals surface area contributed by atoms with E-state index in [9.17, 15) is 9.90 Å². The van der Waals surface area contributed by atoms with E-state index in [1.54, 1.807) is 7.11 Å². The molecule has 1 aromatic rings. The third-order valence-electron chi connectivity index (χ3n) is 3.78. The first kappa shape index (κ1) is 17.3. The number of rotatable bonds is 8. The number of benzene rings is 1. The van der Waals surface area contributed by atoms with Crippen molar-refractivity contribution in [1.82, 2.24) is 5.32 Å². The van der Waals surface area contributed by atoms with Crippen LogP contribution in [-0.2, 0) is 11.2 Å². The maximum absolute atomic E-state index is 11.3. The molecule has 0 heterocycles. The van der Waals surface area contributed by atoms with Gasteiger partial charge in [-0.1, -0.05) is 26.3 Å². The Morgan fingerprint density at radius 1 is 1.43 bits per heavy atom. The summed E-state index contributed by atoms with van der Waals surface area (Å²) in [5.74, 6) is -0.0567. The van der Waals surface area contributed by atoms with E-state index < -0.39 is 12.0 Å². The average molecular weight is 294 g/mol. The van der Waals surface area contributed by atoms with Crippen molar-refractivity contribution in [2.75, 3.05) is 12.8 Å². The summed E-state index contributed by atoms with van der Waals surface area (Å²) in [5, 5.41) is 12.5. The van der Waals surface area contributed by atoms with Gasteiger partial charge in [0.05, 0.1) is 12.8 Å². The molecule has 5 nitrogen and oxygen atoms in total. The first-order valence-corrected chi connectivity index (χ1v) is 7.30. The van der Waals surface area contributed by atoms with Gasteiger partial charge in [-0.15, -0.1) is 0 Å². The van der Waals surface area contributed by atoms with Crippen LogP contribution in [0.1, 0.15) is 32.8 Å². The third-order valence-corrected chi connectivity index (χ3v) is 3.78. The van der Waals surface area contributed by atoms with Gasteiger partial charge in [-0.25, -0.2) is 0 Å². The minimum Gasteiger partial charge on any atom is -0.495 e. The molecule has 1 rings (SSSR count). The van der Waals surface area contributed by atoms with Crippen LogP contribution in [0.25, 0.3) is 0 Å². The second-order valence-corrected chi connectivity index (χ2v) is 5.55. The van der Waals surface area contributed by atoms with Gasteiger partial charge in [0.1, 0.15) is 11.8 Å². The molecule has 3 unspecified atom stereocenters. The highest BCUT2D eigenvalue weighted by Crippen LogP contribution is 2.22. The molecule has 0 fully saturated rings. The number of ether oxygens (including phenoxy) is 1. The number of nitrogens with two attached hydrogens (primary N) is 1. The highest BCUT2D eigenvalue weighted by molar-refractivity contribution is 5.73. The number of aliphatic carboxylic acids is 1. The summed E-state index contributed by atoms with van der Waals surface area (Å²) in [7, 11) is 1.58. The van der Waals surface area contributed by atoms with Crippen LogP contribution in [-0.4, -0.2) is 30.3 Å². The quantitative estimate of drug-likeness (QED) is 0.641. The van der Waals surface area contributed by atoms with Crippen molar-refractivity contribution in [2.45, 2.75) is 45.7 Å². The average Bonchev–Trinajstić information content (AvgIpc) is 2.44. The van der Waals surface area contributed by atoms with Crippen LogP contribution in [0.4, 0.5) is 5.69 Å². The number of carboxylic acids is 1. The first-order chi connectivity index (χ1) is 9.88. The lowest BCUT2D eigenvalue weighted by molar-refractivity contribution is -0.141. The molecular formula is C16H26N2O3. The molecule has 5 heteroatoms. The molecule has 0 aromatic heterocycles. The molecule has 0 radical (unpaired) electrons. The lowest BCUT2D eigenvalue weighted by Gasteiger charge is -2.24. The number of anilines is 1. The van der Waals surface area contributed by atoms with Gasteiger partial charge in [0, 0.05) is 6.04 Å². The fourth-order valence-electron chi connectivity index (χ4n) is 2.34. The topological polar surface area (TPSA) is 84.6 Å². The lowest BCUT2D eigenvalue weighted by Crippen LogP contribution is -2.46. The maximum Gasteiger partial charge on any atom is 0.320 e. The number of nitrogens with one attached hydrogen (secondary N) is 1. The SMILES string of the molecule is CCC(C)C(NC(C)Cc1ccc(OC)c(N)c1)C(=O)O. The molecule has 118 valence electrons. The van der Waals surface area contributed by atoms with Crippen molar-refractivity contribution in [3.63, 3.8) is 0 Å². The van der Waals surface area contributed by atoms with Crippen LogP contribution in [0, 0.1) is 5.92 Å². The largest absolute Gasteiger partial charge is 0.495 e. The number of hydrogen-bond acceptors (Lipinski definition) is 4. The van der Waals surface area contributed by atoms with E-state index in [1.807, 2.05) is 39.0 Å². The monoisotopic (exact) mass is 294 g/mol. The second kappa shape index (κ2) is 7.88. The van der Waals surface area contributed by atoms with E-state index in [0.29, 0.717) is 17.9 Å². The smallest absolute Gasteiger partial charge is 0.320 e. The van der Waals surface area contributed by atoms with E-state index >= 15 is 0 Å². The van der Waals surface area contributed by atoms with Crippen molar-refractivity contribution < 1.29 is 14.6 Å². The molecule has 0 bridgehead atoms. The van der Waals surface area contributed by atoms with Gasteiger partial charge in [-0.3, -0.25) is 4.79 Å². The molecule has 4 N–H and O–H groups in total. The van der Waals surface area contributed by atoms with Gasteiger partial charge in [-0.05, 0) is 37.0 Å². The van der Waals surface area contributed by atoms with Crippen LogP contribution >= 0.6 is 0 Å². The zero-order chi connectivity index (χ0) is 16.0. The molecule has 0 saturated heterocycles. The van der Waals surface area contributed by atoms with E-state index in [0.717, 1.165) is 12.0 Å². The van der Waals surface area contributed by atoms with Gasteiger partial charge < -0.3 is 20.9 Å². The molecule has 0 aliphatic carbocycles. The van der Waals surface area contributed by atoms with Crippen LogP contribution in [0.3, 0.4) is 0 Å². The molecule has 0 saturated carbocycles. The Hall–Kier alpha value is -1.75. The van der Waals surface area contributed by atoms with E-state index in [-0.39, 0.29) is 12.0 Å². The van der Waals surface area contributed by atoms with Gasteiger partial charge in [0.2, 0.25) is 0 Å². The number of carbonyl (C=O) groups is 1. The van der Waals surface area contributed by atoms with Gasteiger partial charge in [0.25, 0.3) is 0 Å². The summed E-state index contributed by atoms with van der Waals surface area (Å²) in [5.41, 5.74) is 7.54. The number of hydrogen-bond donors (Lipinski definition) is 3. The normalized spacial score (nSPS) is 15.2. The number of methoxy groups -OCH3 is 1. The minimum absolute atomic E-state index is 0.0490. The summed E-state index contributed by atoms with van der Waals surface area (Å²) in [6.07, 6.45) is 1.54. The zero-order valence-corrected chi connectivity index (χ0v) is 13.2. The molecule has 3 atom stereocenters. The Morgan fingerprint density at radius 3 is 2.57 bits per heavy atom. The molecule has 0 aliphatic heterocycles. The Morgan fingerprint density at radius 2 is 2.10 bits per heavy atom.